The van der Waals surface area contributed by atoms with Crippen LogP contribution in [0, 0.1) is 13.8 Å². The number of rotatable bonds is 7. The van der Waals surface area contributed by atoms with Crippen LogP contribution >= 0.6 is 11.6 Å². The first kappa shape index (κ1) is 19.0. The van der Waals surface area contributed by atoms with Gasteiger partial charge in [0.1, 0.15) is 18.2 Å². The number of ether oxygens (including phenoxy) is 1. The Balaban J connectivity index is 1.81. The number of aromatic nitrogens is 2. The van der Waals surface area contributed by atoms with Gasteiger partial charge in [-0.15, -0.1) is 0 Å². The maximum absolute atomic E-state index is 12.2. The van der Waals surface area contributed by atoms with Crippen molar-refractivity contribution in [3.8, 4) is 5.75 Å². The van der Waals surface area contributed by atoms with Gasteiger partial charge in [-0.25, -0.2) is 4.98 Å². The Kier molecular flexibility index (Phi) is 6.58. The molecule has 1 heterocycles. The van der Waals surface area contributed by atoms with E-state index in [0.29, 0.717) is 47.4 Å². The van der Waals surface area contributed by atoms with Crippen molar-refractivity contribution in [3.63, 3.8) is 0 Å². The van der Waals surface area contributed by atoms with Gasteiger partial charge in [0.2, 0.25) is 5.91 Å². The lowest BCUT2D eigenvalue weighted by molar-refractivity contribution is -0.130. The number of likely N-dealkylation sites (N-methyl/N-ethyl adjacent to an activating group) is 1. The van der Waals surface area contributed by atoms with E-state index in [1.807, 2.05) is 12.1 Å². The van der Waals surface area contributed by atoms with E-state index < -0.39 is 0 Å². The number of nitrogens with zero attached hydrogens (tertiary/aromatic N) is 2. The third-order valence-corrected chi connectivity index (χ3v) is 4.08. The van der Waals surface area contributed by atoms with Crippen LogP contribution < -0.4 is 10.3 Å². The largest absolute Gasteiger partial charge is 0.492 e. The van der Waals surface area contributed by atoms with E-state index in [-0.39, 0.29) is 17.9 Å². The second kappa shape index (κ2) is 8.67. The average Bonchev–Trinajstić information content (AvgIpc) is 2.53. The predicted octanol–water partition coefficient (Wildman–Crippen LogP) is 2.51. The van der Waals surface area contributed by atoms with Gasteiger partial charge in [0.05, 0.1) is 6.54 Å². The molecule has 6 nitrogen and oxygen atoms in total. The summed E-state index contributed by atoms with van der Waals surface area (Å²) in [4.78, 5) is 32.7. The number of aromatic amines is 1. The van der Waals surface area contributed by atoms with Gasteiger partial charge >= 0.3 is 0 Å². The van der Waals surface area contributed by atoms with Gasteiger partial charge < -0.3 is 14.6 Å². The smallest absolute Gasteiger partial charge is 0.254 e. The van der Waals surface area contributed by atoms with Crippen LogP contribution in [-0.2, 0) is 11.2 Å². The molecule has 1 N–H and O–H groups in total. The lowest BCUT2D eigenvalue weighted by Crippen LogP contribution is -2.31. The van der Waals surface area contributed by atoms with Gasteiger partial charge in [0.25, 0.3) is 5.56 Å². The fraction of sp³-hybridized carbons (Fsp3) is 0.389. The van der Waals surface area contributed by atoms with Crippen molar-refractivity contribution in [1.82, 2.24) is 14.9 Å². The van der Waals surface area contributed by atoms with Crippen molar-refractivity contribution in [2.24, 2.45) is 0 Å². The number of amides is 1. The number of aryl methyl sites for hydroxylation is 2. The minimum Gasteiger partial charge on any atom is -0.492 e. The van der Waals surface area contributed by atoms with Crippen molar-refractivity contribution in [3.05, 3.63) is 56.7 Å². The molecule has 0 aliphatic carbocycles. The van der Waals surface area contributed by atoms with Gasteiger partial charge in [0.15, 0.2) is 0 Å². The maximum Gasteiger partial charge on any atom is 0.254 e. The summed E-state index contributed by atoms with van der Waals surface area (Å²) in [5.74, 6) is 1.20. The van der Waals surface area contributed by atoms with Crippen molar-refractivity contribution in [2.75, 3.05) is 20.2 Å². The van der Waals surface area contributed by atoms with Crippen molar-refractivity contribution in [2.45, 2.75) is 26.7 Å². The van der Waals surface area contributed by atoms with Crippen LogP contribution in [0.25, 0.3) is 0 Å². The lowest BCUT2D eigenvalue weighted by Gasteiger charge is -2.17. The van der Waals surface area contributed by atoms with Gasteiger partial charge in [-0.05, 0) is 38.5 Å². The van der Waals surface area contributed by atoms with Crippen molar-refractivity contribution < 1.29 is 9.53 Å². The molecule has 0 fully saturated rings. The van der Waals surface area contributed by atoms with Gasteiger partial charge in [-0.2, -0.15) is 0 Å². The minimum atomic E-state index is -0.176. The van der Waals surface area contributed by atoms with Gasteiger partial charge in [-0.3, -0.25) is 9.59 Å². The summed E-state index contributed by atoms with van der Waals surface area (Å²) in [6.07, 6.45) is 0.620. The summed E-state index contributed by atoms with van der Waals surface area (Å²) < 4.78 is 5.58. The van der Waals surface area contributed by atoms with Gasteiger partial charge in [-0.1, -0.05) is 17.7 Å². The molecule has 0 atom stereocenters. The molecule has 1 amide bonds. The Morgan fingerprint density at radius 1 is 1.36 bits per heavy atom. The average molecular weight is 364 g/mol. The molecule has 0 spiro atoms. The van der Waals surface area contributed by atoms with Crippen molar-refractivity contribution >= 4 is 17.5 Å². The number of carbonyl (C=O) groups is 1. The monoisotopic (exact) mass is 363 g/mol. The highest BCUT2D eigenvalue weighted by molar-refractivity contribution is 6.30. The number of carbonyl (C=O) groups excluding carboxylic acids is 1. The Morgan fingerprint density at radius 3 is 2.80 bits per heavy atom. The summed E-state index contributed by atoms with van der Waals surface area (Å²) in [5.41, 5.74) is 1.05. The molecule has 1 aromatic carbocycles. The molecule has 0 aliphatic rings. The van der Waals surface area contributed by atoms with Gasteiger partial charge in [0, 0.05) is 29.7 Å². The number of benzene rings is 1. The van der Waals surface area contributed by atoms with E-state index >= 15 is 0 Å². The van der Waals surface area contributed by atoms with E-state index in [1.54, 1.807) is 37.9 Å². The van der Waals surface area contributed by atoms with Crippen LogP contribution in [0.5, 0.6) is 5.75 Å². The number of H-pyrrole nitrogens is 1. The molecular weight excluding hydrogens is 342 g/mol. The molecule has 2 aromatic rings. The first-order valence-electron chi connectivity index (χ1n) is 8.05. The number of halogens is 1. The third kappa shape index (κ3) is 5.60. The van der Waals surface area contributed by atoms with E-state index in [1.165, 1.54) is 0 Å². The van der Waals surface area contributed by atoms with Crippen LogP contribution in [0.1, 0.15) is 23.5 Å². The molecular formula is C18H22ClN3O3. The van der Waals surface area contributed by atoms with Crippen LogP contribution in [0.3, 0.4) is 0 Å². The molecule has 1 aromatic heterocycles. The highest BCUT2D eigenvalue weighted by atomic mass is 35.5. The second-order valence-corrected chi connectivity index (χ2v) is 6.27. The Morgan fingerprint density at radius 2 is 2.12 bits per heavy atom. The molecule has 0 radical (unpaired) electrons. The zero-order valence-corrected chi connectivity index (χ0v) is 15.4. The molecule has 0 saturated heterocycles. The second-order valence-electron chi connectivity index (χ2n) is 5.84. The molecule has 0 saturated carbocycles. The Hall–Kier alpha value is -2.34. The van der Waals surface area contributed by atoms with E-state index in [2.05, 4.69) is 9.97 Å². The SMILES string of the molecule is Cc1nc(C)c(CCC(=O)N(C)CCOc2cccc(Cl)c2)c(=O)[nH]1. The zero-order chi connectivity index (χ0) is 18.4. The van der Waals surface area contributed by atoms with E-state index in [9.17, 15) is 9.59 Å². The quantitative estimate of drug-likeness (QED) is 0.820. The molecule has 0 unspecified atom stereocenters. The lowest BCUT2D eigenvalue weighted by atomic mass is 10.1. The van der Waals surface area contributed by atoms with Crippen LogP contribution in [0.15, 0.2) is 29.1 Å². The fourth-order valence-electron chi connectivity index (χ4n) is 2.45. The van der Waals surface area contributed by atoms with Crippen molar-refractivity contribution in [1.29, 1.82) is 0 Å². The predicted molar refractivity (Wildman–Crippen MR) is 97.2 cm³/mol. The molecule has 2 rings (SSSR count). The number of hydrogen-bond donors (Lipinski definition) is 1. The maximum atomic E-state index is 12.2. The first-order chi connectivity index (χ1) is 11.9. The molecule has 7 heteroatoms. The standard InChI is InChI=1S/C18H22ClN3O3/c1-12-16(18(24)21-13(2)20-12)7-8-17(23)22(3)9-10-25-15-6-4-5-14(19)11-15/h4-6,11H,7-10H2,1-3H3,(H,20,21,24). The molecule has 134 valence electrons. The Labute approximate surface area is 151 Å². The minimum absolute atomic E-state index is 0.0472. The summed E-state index contributed by atoms with van der Waals surface area (Å²) in [7, 11) is 1.72. The number of hydrogen-bond acceptors (Lipinski definition) is 4. The van der Waals surface area contributed by atoms with E-state index in [0.717, 1.165) is 0 Å². The highest BCUT2D eigenvalue weighted by Gasteiger charge is 2.13. The molecule has 0 bridgehead atoms. The first-order valence-corrected chi connectivity index (χ1v) is 8.43. The van der Waals surface area contributed by atoms with Crippen LogP contribution in [-0.4, -0.2) is 41.0 Å². The molecule has 0 aliphatic heterocycles. The topological polar surface area (TPSA) is 75.3 Å². The van der Waals surface area contributed by atoms with Crippen LogP contribution in [0.2, 0.25) is 5.02 Å². The highest BCUT2D eigenvalue weighted by Crippen LogP contribution is 2.16. The Bertz CT molecular complexity index is 804. The van der Waals surface area contributed by atoms with E-state index in [4.69, 9.17) is 16.3 Å². The zero-order valence-electron chi connectivity index (χ0n) is 14.6. The molecule has 25 heavy (non-hydrogen) atoms. The summed E-state index contributed by atoms with van der Waals surface area (Å²) in [6, 6.07) is 7.12. The summed E-state index contributed by atoms with van der Waals surface area (Å²) >= 11 is 5.89. The third-order valence-electron chi connectivity index (χ3n) is 3.85. The summed E-state index contributed by atoms with van der Waals surface area (Å²) in [6.45, 7) is 4.34. The summed E-state index contributed by atoms with van der Waals surface area (Å²) in [5, 5.41) is 0.606. The van der Waals surface area contributed by atoms with Crippen LogP contribution in [0.4, 0.5) is 0 Å². The fourth-order valence-corrected chi connectivity index (χ4v) is 2.63. The number of nitrogens with one attached hydrogen (secondary N) is 1. The normalized spacial score (nSPS) is 10.6.